The third kappa shape index (κ3) is 4.53. The van der Waals surface area contributed by atoms with Gasteiger partial charge in [-0.3, -0.25) is 9.59 Å². The molecule has 0 unspecified atom stereocenters. The molecule has 29 heavy (non-hydrogen) atoms. The number of benzene rings is 2. The first kappa shape index (κ1) is 19.9. The number of aromatic nitrogens is 2. The molecule has 0 aliphatic carbocycles. The zero-order valence-corrected chi connectivity index (χ0v) is 16.4. The van der Waals surface area contributed by atoms with Crippen LogP contribution in [0.3, 0.4) is 0 Å². The summed E-state index contributed by atoms with van der Waals surface area (Å²) in [6.45, 7) is 1.89. The molecule has 0 radical (unpaired) electrons. The molecule has 2 aromatic carbocycles. The van der Waals surface area contributed by atoms with E-state index in [2.05, 4.69) is 16.3 Å². The number of likely N-dealkylation sites (N-methyl/N-ethyl adjacent to an activating group) is 1. The molecule has 3 rings (SSSR count). The van der Waals surface area contributed by atoms with Gasteiger partial charge in [-0.2, -0.15) is 5.10 Å². The quantitative estimate of drug-likeness (QED) is 0.662. The van der Waals surface area contributed by atoms with E-state index in [4.69, 9.17) is 6.42 Å². The maximum absolute atomic E-state index is 12.9. The Morgan fingerprint density at radius 2 is 1.93 bits per heavy atom. The van der Waals surface area contributed by atoms with Gasteiger partial charge in [-0.1, -0.05) is 37.1 Å². The maximum Gasteiger partial charge on any atom is 0.257 e. The third-order valence-electron chi connectivity index (χ3n) is 4.48. The summed E-state index contributed by atoms with van der Waals surface area (Å²) in [5.41, 5.74) is 3.44. The van der Waals surface area contributed by atoms with Crippen molar-refractivity contribution < 1.29 is 9.59 Å². The summed E-state index contributed by atoms with van der Waals surface area (Å²) in [6, 6.07) is 16.6. The topological polar surface area (TPSA) is 67.2 Å². The lowest BCUT2D eigenvalue weighted by atomic mass is 10.1. The van der Waals surface area contributed by atoms with E-state index in [0.717, 1.165) is 11.4 Å². The zero-order valence-electron chi connectivity index (χ0n) is 16.4. The van der Waals surface area contributed by atoms with Crippen molar-refractivity contribution in [1.82, 2.24) is 14.7 Å². The van der Waals surface area contributed by atoms with Gasteiger partial charge in [0, 0.05) is 18.3 Å². The number of nitrogens with zero attached hydrogens (tertiary/aromatic N) is 3. The molecule has 1 N–H and O–H groups in total. The Balaban J connectivity index is 1.72. The van der Waals surface area contributed by atoms with Gasteiger partial charge in [0.2, 0.25) is 5.91 Å². The molecular formula is C23H22N4O2. The first-order valence-corrected chi connectivity index (χ1v) is 9.27. The van der Waals surface area contributed by atoms with Crippen LogP contribution in [0.1, 0.15) is 28.5 Å². The zero-order chi connectivity index (χ0) is 20.8. The molecule has 0 atom stereocenters. The van der Waals surface area contributed by atoms with Crippen LogP contribution in [0.25, 0.3) is 5.69 Å². The van der Waals surface area contributed by atoms with E-state index in [1.165, 1.54) is 4.90 Å². The van der Waals surface area contributed by atoms with Crippen LogP contribution in [-0.4, -0.2) is 40.1 Å². The van der Waals surface area contributed by atoms with E-state index in [0.29, 0.717) is 23.2 Å². The average molecular weight is 386 g/mol. The van der Waals surface area contributed by atoms with E-state index in [1.807, 2.05) is 37.3 Å². The molecule has 0 saturated carbocycles. The Bertz CT molecular complexity index is 1060. The second kappa shape index (κ2) is 8.89. The van der Waals surface area contributed by atoms with Crippen molar-refractivity contribution in [2.24, 2.45) is 0 Å². The van der Waals surface area contributed by atoms with Gasteiger partial charge in [0.05, 0.1) is 29.7 Å². The fourth-order valence-corrected chi connectivity index (χ4v) is 3.06. The van der Waals surface area contributed by atoms with Crippen LogP contribution in [0.2, 0.25) is 0 Å². The second-order valence-corrected chi connectivity index (χ2v) is 6.54. The highest BCUT2D eigenvalue weighted by atomic mass is 16.2. The number of amides is 2. The van der Waals surface area contributed by atoms with Crippen molar-refractivity contribution in [3.63, 3.8) is 0 Å². The first-order valence-electron chi connectivity index (χ1n) is 9.27. The minimum Gasteiger partial charge on any atom is -0.332 e. The van der Waals surface area contributed by atoms with Crippen LogP contribution in [-0.2, 0) is 11.2 Å². The Hall–Kier alpha value is -3.85. The molecule has 0 aliphatic rings. The molecule has 0 fully saturated rings. The van der Waals surface area contributed by atoms with Crippen LogP contribution >= 0.6 is 0 Å². The monoisotopic (exact) mass is 386 g/mol. The molecule has 2 amide bonds. The number of hydrogen-bond donors (Lipinski definition) is 1. The second-order valence-electron chi connectivity index (χ2n) is 6.54. The molecule has 1 aromatic heterocycles. The highest BCUT2D eigenvalue weighted by molar-refractivity contribution is 5.99. The molecule has 6 heteroatoms. The van der Waals surface area contributed by atoms with Crippen molar-refractivity contribution >= 4 is 17.5 Å². The first-order chi connectivity index (χ1) is 14.0. The van der Waals surface area contributed by atoms with Gasteiger partial charge < -0.3 is 10.2 Å². The Labute approximate surface area is 170 Å². The number of hydrogen-bond acceptors (Lipinski definition) is 3. The SMILES string of the molecule is C#Cc1cccc(NC(=O)CN(C)C(=O)c2cnn(-c3ccccc3)c2CC)c1. The molecular weight excluding hydrogens is 364 g/mol. The van der Waals surface area contributed by atoms with Crippen molar-refractivity contribution in [2.75, 3.05) is 18.9 Å². The lowest BCUT2D eigenvalue weighted by molar-refractivity contribution is -0.116. The van der Waals surface area contributed by atoms with Crippen molar-refractivity contribution in [1.29, 1.82) is 0 Å². The summed E-state index contributed by atoms with van der Waals surface area (Å²) in [4.78, 5) is 26.7. The number of anilines is 1. The van der Waals surface area contributed by atoms with E-state index in [-0.39, 0.29) is 18.4 Å². The summed E-state index contributed by atoms with van der Waals surface area (Å²) in [6.07, 6.45) is 7.57. The minimum absolute atomic E-state index is 0.0845. The van der Waals surface area contributed by atoms with Gasteiger partial charge >= 0.3 is 0 Å². The minimum atomic E-state index is -0.302. The number of carbonyl (C=O) groups is 2. The highest BCUT2D eigenvalue weighted by Crippen LogP contribution is 2.17. The molecule has 0 bridgehead atoms. The Morgan fingerprint density at radius 3 is 2.62 bits per heavy atom. The van der Waals surface area contributed by atoms with Crippen LogP contribution < -0.4 is 5.32 Å². The number of terminal acetylenes is 1. The largest absolute Gasteiger partial charge is 0.332 e. The number of para-hydroxylation sites is 1. The molecule has 1 heterocycles. The summed E-state index contributed by atoms with van der Waals surface area (Å²) < 4.78 is 1.76. The summed E-state index contributed by atoms with van der Waals surface area (Å²) in [7, 11) is 1.60. The van der Waals surface area contributed by atoms with Gasteiger partial charge in [-0.15, -0.1) is 6.42 Å². The molecule has 146 valence electrons. The van der Waals surface area contributed by atoms with Crippen LogP contribution in [0.15, 0.2) is 60.8 Å². The van der Waals surface area contributed by atoms with E-state index >= 15 is 0 Å². The smallest absolute Gasteiger partial charge is 0.257 e. The van der Waals surface area contributed by atoms with Crippen LogP contribution in [0, 0.1) is 12.3 Å². The molecule has 6 nitrogen and oxygen atoms in total. The van der Waals surface area contributed by atoms with Gasteiger partial charge in [-0.25, -0.2) is 4.68 Å². The number of carbonyl (C=O) groups excluding carboxylic acids is 2. The lowest BCUT2D eigenvalue weighted by Crippen LogP contribution is -2.35. The van der Waals surface area contributed by atoms with E-state index < -0.39 is 0 Å². The summed E-state index contributed by atoms with van der Waals surface area (Å²) in [5.74, 6) is 1.97. The van der Waals surface area contributed by atoms with E-state index in [9.17, 15) is 9.59 Å². The van der Waals surface area contributed by atoms with Crippen LogP contribution in [0.4, 0.5) is 5.69 Å². The van der Waals surface area contributed by atoms with Gasteiger partial charge in [0.25, 0.3) is 5.91 Å². The third-order valence-corrected chi connectivity index (χ3v) is 4.48. The van der Waals surface area contributed by atoms with Gasteiger partial charge in [0.15, 0.2) is 0 Å². The average Bonchev–Trinajstić information content (AvgIpc) is 3.17. The predicted octanol–water partition coefficient (Wildman–Crippen LogP) is 3.13. The summed E-state index contributed by atoms with van der Waals surface area (Å²) >= 11 is 0. The van der Waals surface area contributed by atoms with Crippen molar-refractivity contribution in [3.8, 4) is 18.0 Å². The van der Waals surface area contributed by atoms with Crippen molar-refractivity contribution in [3.05, 3.63) is 77.6 Å². The number of nitrogens with one attached hydrogen (secondary N) is 1. The molecule has 0 saturated heterocycles. The number of rotatable bonds is 6. The Morgan fingerprint density at radius 1 is 1.17 bits per heavy atom. The van der Waals surface area contributed by atoms with E-state index in [1.54, 1.807) is 42.2 Å². The molecule has 0 aliphatic heterocycles. The fourth-order valence-electron chi connectivity index (χ4n) is 3.06. The van der Waals surface area contributed by atoms with Crippen LogP contribution in [0.5, 0.6) is 0 Å². The standard InChI is InChI=1S/C23H22N4O2/c1-4-17-10-9-11-18(14-17)25-22(28)16-26(3)23(29)20-15-24-27(21(20)5-2)19-12-7-6-8-13-19/h1,6-15H,5,16H2,2-3H3,(H,25,28). The molecule has 3 aromatic rings. The molecule has 0 spiro atoms. The Kier molecular flexibility index (Phi) is 6.10. The lowest BCUT2D eigenvalue weighted by Gasteiger charge is -2.17. The predicted molar refractivity (Wildman–Crippen MR) is 113 cm³/mol. The van der Waals surface area contributed by atoms with Gasteiger partial charge in [0.1, 0.15) is 0 Å². The normalized spacial score (nSPS) is 10.2. The van der Waals surface area contributed by atoms with Gasteiger partial charge in [-0.05, 0) is 36.8 Å². The maximum atomic E-state index is 12.9. The fraction of sp³-hybridized carbons (Fsp3) is 0.174. The van der Waals surface area contributed by atoms with Crippen molar-refractivity contribution in [2.45, 2.75) is 13.3 Å². The highest BCUT2D eigenvalue weighted by Gasteiger charge is 2.21. The summed E-state index contributed by atoms with van der Waals surface area (Å²) in [5, 5.41) is 7.14.